The lowest BCUT2D eigenvalue weighted by atomic mass is 10.0. The molecular weight excluding hydrogens is 942 g/mol. The summed E-state index contributed by atoms with van der Waals surface area (Å²) in [7, 11) is 1.17. The highest BCUT2D eigenvalue weighted by Crippen LogP contribution is 2.38. The van der Waals surface area contributed by atoms with Crippen molar-refractivity contribution in [2.75, 3.05) is 47.5 Å². The molecule has 9 nitrogen and oxygen atoms in total. The van der Waals surface area contributed by atoms with E-state index in [-0.39, 0.29) is 32.0 Å². The van der Waals surface area contributed by atoms with Crippen LogP contribution in [-0.2, 0) is 32.7 Å². The van der Waals surface area contributed by atoms with Gasteiger partial charge in [-0.3, -0.25) is 14.2 Å². The van der Waals surface area contributed by atoms with Crippen LogP contribution in [0, 0.1) is 0 Å². The Bertz CT molecular complexity index is 1300. The van der Waals surface area contributed by atoms with Crippen molar-refractivity contribution in [2.45, 2.75) is 328 Å². The average molecular weight is 1070 g/mol. The second-order valence-electron chi connectivity index (χ2n) is 23.1. The summed E-state index contributed by atoms with van der Waals surface area (Å²) in [6.45, 7) is 4.26. The molecule has 0 saturated heterocycles. The highest BCUT2D eigenvalue weighted by molar-refractivity contribution is 7.45. The highest BCUT2D eigenvalue weighted by atomic mass is 31.2. The van der Waals surface area contributed by atoms with Crippen molar-refractivity contribution in [3.63, 3.8) is 0 Å². The average Bonchev–Trinajstić information content (AvgIpc) is 3.36. The van der Waals surface area contributed by atoms with Crippen LogP contribution in [0.3, 0.4) is 0 Å². The van der Waals surface area contributed by atoms with Gasteiger partial charge in [0.1, 0.15) is 19.8 Å². The van der Waals surface area contributed by atoms with Crippen LogP contribution in [0.4, 0.5) is 0 Å². The molecule has 438 valence electrons. The molecule has 10 heteroatoms. The number of rotatable bonds is 60. The van der Waals surface area contributed by atoms with Crippen molar-refractivity contribution in [3.05, 3.63) is 24.3 Å². The summed E-state index contributed by atoms with van der Waals surface area (Å²) in [6.07, 6.45) is 68.4. The second-order valence-corrected chi connectivity index (χ2v) is 24.5. The molecule has 0 aliphatic heterocycles. The summed E-state index contributed by atoms with van der Waals surface area (Å²) in [5.74, 6) is -0.834. The zero-order chi connectivity index (χ0) is 54.2. The normalized spacial score (nSPS) is 13.3. The molecule has 0 N–H and O–H groups in total. The fourth-order valence-electron chi connectivity index (χ4n) is 9.51. The molecule has 0 radical (unpaired) electrons. The Hall–Kier alpha value is -1.51. The number of phosphoric acid groups is 1. The molecule has 0 aromatic carbocycles. The molecule has 0 heterocycles. The van der Waals surface area contributed by atoms with E-state index in [0.29, 0.717) is 17.4 Å². The van der Waals surface area contributed by atoms with E-state index < -0.39 is 26.5 Å². The maximum atomic E-state index is 12.8. The molecule has 0 aliphatic rings. The standard InChI is InChI=1S/C64H124NO8P/c1-6-8-10-12-14-16-18-20-22-24-25-26-27-28-29-30-31-32-33-34-35-36-37-38-39-40-41-43-44-46-48-50-52-54-56-63(66)70-60-62(61-72-74(68,69)71-59-58-65(3,4)5)73-64(67)57-55-53-51-49-47-45-42-23-21-19-17-15-13-11-9-7-2/h17,19,23,42,62H,6-16,18,20-22,24-41,43-61H2,1-5H3/b19-17-,42-23-. The van der Waals surface area contributed by atoms with Crippen molar-refractivity contribution >= 4 is 19.8 Å². The third-order valence-electron chi connectivity index (χ3n) is 14.5. The van der Waals surface area contributed by atoms with Gasteiger partial charge in [-0.25, -0.2) is 0 Å². The topological polar surface area (TPSA) is 111 Å². The minimum atomic E-state index is -4.64. The minimum Gasteiger partial charge on any atom is -0.756 e. The summed E-state index contributed by atoms with van der Waals surface area (Å²) in [5.41, 5.74) is 0. The number of carbonyl (C=O) groups is 2. The van der Waals surface area contributed by atoms with E-state index in [2.05, 4.69) is 38.2 Å². The summed E-state index contributed by atoms with van der Waals surface area (Å²) >= 11 is 0. The van der Waals surface area contributed by atoms with Gasteiger partial charge in [0.25, 0.3) is 7.82 Å². The molecular formula is C64H124NO8P. The summed E-state index contributed by atoms with van der Waals surface area (Å²) in [5, 5.41) is 0. The van der Waals surface area contributed by atoms with Crippen LogP contribution in [0.1, 0.15) is 322 Å². The monoisotopic (exact) mass is 1070 g/mol. The molecule has 74 heavy (non-hydrogen) atoms. The zero-order valence-electron chi connectivity index (χ0n) is 49.8. The maximum absolute atomic E-state index is 12.8. The van der Waals surface area contributed by atoms with Crippen molar-refractivity contribution < 1.29 is 42.1 Å². The first-order valence-electron chi connectivity index (χ1n) is 32.0. The number of carbonyl (C=O) groups excluding carboxylic acids is 2. The fraction of sp³-hybridized carbons (Fsp3) is 0.906. The number of nitrogens with zero attached hydrogens (tertiary/aromatic N) is 1. The van der Waals surface area contributed by atoms with Gasteiger partial charge in [-0.15, -0.1) is 0 Å². The molecule has 0 fully saturated rings. The van der Waals surface area contributed by atoms with Gasteiger partial charge in [0, 0.05) is 12.8 Å². The van der Waals surface area contributed by atoms with E-state index >= 15 is 0 Å². The molecule has 0 aromatic heterocycles. The number of unbranched alkanes of at least 4 members (excludes halogenated alkanes) is 42. The molecule has 0 amide bonds. The lowest BCUT2D eigenvalue weighted by Crippen LogP contribution is -2.37. The van der Waals surface area contributed by atoms with Gasteiger partial charge in [-0.05, 0) is 44.9 Å². The Labute approximate surface area is 459 Å². The quantitative estimate of drug-likeness (QED) is 0.0195. The molecule has 2 atom stereocenters. The van der Waals surface area contributed by atoms with E-state index in [0.717, 1.165) is 57.8 Å². The number of quaternary nitrogens is 1. The van der Waals surface area contributed by atoms with Gasteiger partial charge in [0.05, 0.1) is 27.7 Å². The van der Waals surface area contributed by atoms with Crippen molar-refractivity contribution in [3.8, 4) is 0 Å². The van der Waals surface area contributed by atoms with Gasteiger partial charge < -0.3 is 27.9 Å². The minimum absolute atomic E-state index is 0.0314. The Kier molecular flexibility index (Phi) is 55.1. The number of ether oxygens (including phenoxy) is 2. The number of hydrogen-bond donors (Lipinski definition) is 0. The Balaban J connectivity index is 3.94. The predicted octanol–water partition coefficient (Wildman–Crippen LogP) is 19.5. The van der Waals surface area contributed by atoms with Crippen LogP contribution < -0.4 is 4.89 Å². The Morgan fingerprint density at radius 1 is 0.419 bits per heavy atom. The highest BCUT2D eigenvalue weighted by Gasteiger charge is 2.22. The largest absolute Gasteiger partial charge is 0.756 e. The van der Waals surface area contributed by atoms with Crippen LogP contribution >= 0.6 is 7.82 Å². The summed E-state index contributed by atoms with van der Waals surface area (Å²) in [6, 6.07) is 0. The lowest BCUT2D eigenvalue weighted by Gasteiger charge is -2.28. The fourth-order valence-corrected chi connectivity index (χ4v) is 10.2. The van der Waals surface area contributed by atoms with E-state index in [1.807, 2.05) is 21.1 Å². The third-order valence-corrected chi connectivity index (χ3v) is 15.4. The molecule has 0 spiro atoms. The first-order chi connectivity index (χ1) is 36.0. The first kappa shape index (κ1) is 72.5. The molecule has 0 bridgehead atoms. The Morgan fingerprint density at radius 2 is 0.730 bits per heavy atom. The second kappa shape index (κ2) is 56.2. The molecule has 0 aromatic rings. The van der Waals surface area contributed by atoms with Crippen LogP contribution in [0.2, 0.25) is 0 Å². The number of allylic oxidation sites excluding steroid dienone is 4. The summed E-state index contributed by atoms with van der Waals surface area (Å²) < 4.78 is 34.2. The van der Waals surface area contributed by atoms with E-state index in [1.165, 1.54) is 231 Å². The number of esters is 2. The maximum Gasteiger partial charge on any atom is 0.306 e. The van der Waals surface area contributed by atoms with Crippen LogP contribution in [0.15, 0.2) is 24.3 Å². The van der Waals surface area contributed by atoms with E-state index in [1.54, 1.807) is 0 Å². The summed E-state index contributed by atoms with van der Waals surface area (Å²) in [4.78, 5) is 37.9. The van der Waals surface area contributed by atoms with Gasteiger partial charge in [-0.1, -0.05) is 289 Å². The molecule has 0 saturated carbocycles. The molecule has 0 aliphatic carbocycles. The van der Waals surface area contributed by atoms with Gasteiger partial charge in [-0.2, -0.15) is 0 Å². The van der Waals surface area contributed by atoms with Crippen LogP contribution in [0.25, 0.3) is 0 Å². The van der Waals surface area contributed by atoms with Crippen molar-refractivity contribution in [2.24, 2.45) is 0 Å². The van der Waals surface area contributed by atoms with Crippen LogP contribution in [0.5, 0.6) is 0 Å². The molecule has 2 unspecified atom stereocenters. The van der Waals surface area contributed by atoms with Gasteiger partial charge >= 0.3 is 11.9 Å². The van der Waals surface area contributed by atoms with Crippen molar-refractivity contribution in [1.29, 1.82) is 0 Å². The van der Waals surface area contributed by atoms with Crippen molar-refractivity contribution in [1.82, 2.24) is 0 Å². The van der Waals surface area contributed by atoms with Gasteiger partial charge in [0.15, 0.2) is 6.10 Å². The predicted molar refractivity (Wildman–Crippen MR) is 314 cm³/mol. The third kappa shape index (κ3) is 59.7. The first-order valence-corrected chi connectivity index (χ1v) is 33.5. The number of likely N-dealkylation sites (N-methyl/N-ethyl adjacent to an activating group) is 1. The number of phosphoric ester groups is 1. The van der Waals surface area contributed by atoms with Gasteiger partial charge in [0.2, 0.25) is 0 Å². The van der Waals surface area contributed by atoms with E-state index in [4.69, 9.17) is 18.5 Å². The Morgan fingerprint density at radius 3 is 1.08 bits per heavy atom. The zero-order valence-corrected chi connectivity index (χ0v) is 50.7. The molecule has 0 rings (SSSR count). The SMILES string of the molecule is CCCCCC/C=C\C/C=C\CCCCCCCC(=O)OC(COC(=O)CCCCCCCCCCCCCCCCCCCCCCCCCCCCCCCCCCCC)COP(=O)([O-])OCC[N+](C)(C)C. The van der Waals surface area contributed by atoms with Crippen LogP contribution in [-0.4, -0.2) is 70.0 Å². The number of hydrogen-bond acceptors (Lipinski definition) is 8. The van der Waals surface area contributed by atoms with E-state index in [9.17, 15) is 19.0 Å². The lowest BCUT2D eigenvalue weighted by molar-refractivity contribution is -0.870. The smallest absolute Gasteiger partial charge is 0.306 e.